The molecule has 1 aliphatic heterocycles. The molecule has 0 saturated heterocycles. The summed E-state index contributed by atoms with van der Waals surface area (Å²) in [7, 11) is 1.72. The molecule has 12 heavy (non-hydrogen) atoms. The second kappa shape index (κ2) is 3.50. The Labute approximate surface area is 77.5 Å². The number of rotatable bonds is 2. The lowest BCUT2D eigenvalue weighted by Crippen LogP contribution is -2.18. The summed E-state index contributed by atoms with van der Waals surface area (Å²) in [5, 5.41) is 1.89. The fraction of sp³-hybridized carbons (Fsp3) is 0.909. The van der Waals surface area contributed by atoms with Crippen molar-refractivity contribution in [2.75, 3.05) is 0 Å². The van der Waals surface area contributed by atoms with Crippen molar-refractivity contribution in [3.8, 4) is 0 Å². The van der Waals surface area contributed by atoms with Gasteiger partial charge in [-0.15, -0.1) is 0 Å². The Morgan fingerprint density at radius 1 is 1.50 bits per heavy atom. The number of hydrogen-bond acceptors (Lipinski definition) is 0. The van der Waals surface area contributed by atoms with Gasteiger partial charge in [-0.2, -0.15) is 0 Å². The summed E-state index contributed by atoms with van der Waals surface area (Å²) in [6.45, 7) is 4.79. The molecule has 0 radical (unpaired) electrons. The minimum absolute atomic E-state index is 0.970. The molecule has 1 fully saturated rings. The maximum atomic E-state index is 2.45. The van der Waals surface area contributed by atoms with E-state index in [0.717, 1.165) is 17.5 Å². The zero-order valence-electron chi connectivity index (χ0n) is 8.21. The van der Waals surface area contributed by atoms with Gasteiger partial charge in [-0.1, -0.05) is 34.9 Å². The van der Waals surface area contributed by atoms with E-state index >= 15 is 0 Å². The van der Waals surface area contributed by atoms with Crippen LogP contribution in [0.15, 0.2) is 0 Å². The molecular formula is C11H19P. The van der Waals surface area contributed by atoms with Crippen LogP contribution in [0.25, 0.3) is 0 Å². The Kier molecular flexibility index (Phi) is 2.55. The van der Waals surface area contributed by atoms with Gasteiger partial charge in [-0.25, -0.2) is 0 Å². The van der Waals surface area contributed by atoms with Crippen LogP contribution >= 0.6 is 8.20 Å². The Hall–Kier alpha value is 0.170. The van der Waals surface area contributed by atoms with E-state index in [2.05, 4.69) is 13.8 Å². The van der Waals surface area contributed by atoms with Crippen LogP contribution in [0.2, 0.25) is 0 Å². The molecule has 0 amide bonds. The third-order valence-corrected chi connectivity index (χ3v) is 5.11. The van der Waals surface area contributed by atoms with Crippen LogP contribution in [-0.2, 0) is 0 Å². The SMILES string of the molecule is CCC(C)C1CCCCC2=PC21. The molecule has 0 aromatic heterocycles. The van der Waals surface area contributed by atoms with Gasteiger partial charge in [0.15, 0.2) is 0 Å². The molecule has 0 aromatic carbocycles. The maximum absolute atomic E-state index is 2.45. The van der Waals surface area contributed by atoms with E-state index in [0.29, 0.717) is 0 Å². The van der Waals surface area contributed by atoms with Crippen LogP contribution in [0, 0.1) is 11.8 Å². The quantitative estimate of drug-likeness (QED) is 0.571. The van der Waals surface area contributed by atoms with Crippen LogP contribution < -0.4 is 0 Å². The van der Waals surface area contributed by atoms with Crippen LogP contribution in [-0.4, -0.2) is 11.0 Å². The highest BCUT2D eigenvalue weighted by Crippen LogP contribution is 2.47. The number of fused-ring (bicyclic) bond motifs is 1. The standard InChI is InChI=1S/C11H19P/c1-3-8(2)9-6-4-5-7-10-11(9)12-10/h8-9,11H,3-7H2,1-2H3. The van der Waals surface area contributed by atoms with Gasteiger partial charge >= 0.3 is 0 Å². The highest BCUT2D eigenvalue weighted by atomic mass is 31.1. The Morgan fingerprint density at radius 3 is 3.08 bits per heavy atom. The normalized spacial score (nSPS) is 37.7. The van der Waals surface area contributed by atoms with E-state index in [-0.39, 0.29) is 0 Å². The molecule has 3 atom stereocenters. The van der Waals surface area contributed by atoms with Gasteiger partial charge in [0.2, 0.25) is 0 Å². The van der Waals surface area contributed by atoms with Gasteiger partial charge in [-0.3, -0.25) is 0 Å². The van der Waals surface area contributed by atoms with Crippen molar-refractivity contribution in [2.45, 2.75) is 51.6 Å². The third kappa shape index (κ3) is 1.59. The summed E-state index contributed by atoms with van der Waals surface area (Å²) in [5.41, 5.74) is 1.04. The second-order valence-electron chi connectivity index (χ2n) is 4.36. The van der Waals surface area contributed by atoms with Gasteiger partial charge in [-0.05, 0) is 36.4 Å². The first-order chi connectivity index (χ1) is 5.83. The van der Waals surface area contributed by atoms with Gasteiger partial charge in [0.1, 0.15) is 0 Å². The average molecular weight is 182 g/mol. The average Bonchev–Trinajstić information content (AvgIpc) is 2.80. The second-order valence-corrected chi connectivity index (χ2v) is 5.75. The first kappa shape index (κ1) is 8.75. The minimum Gasteiger partial charge on any atom is -0.0958 e. The zero-order chi connectivity index (χ0) is 8.55. The molecule has 0 N–H and O–H groups in total. The third-order valence-electron chi connectivity index (χ3n) is 3.58. The smallest absolute Gasteiger partial charge is 0.0292 e. The van der Waals surface area contributed by atoms with E-state index in [1.807, 2.05) is 5.29 Å². The molecule has 0 nitrogen and oxygen atoms in total. The molecule has 2 rings (SSSR count). The van der Waals surface area contributed by atoms with Gasteiger partial charge in [0.05, 0.1) is 0 Å². The predicted molar refractivity (Wildman–Crippen MR) is 57.1 cm³/mol. The van der Waals surface area contributed by atoms with Crippen molar-refractivity contribution in [3.63, 3.8) is 0 Å². The fourth-order valence-corrected chi connectivity index (χ4v) is 3.96. The Balaban J connectivity index is 1.96. The largest absolute Gasteiger partial charge is 0.0958 e. The fourth-order valence-electron chi connectivity index (χ4n) is 2.44. The van der Waals surface area contributed by atoms with E-state index < -0.39 is 0 Å². The lowest BCUT2D eigenvalue weighted by atomic mass is 9.86. The highest BCUT2D eigenvalue weighted by molar-refractivity contribution is 7.54. The lowest BCUT2D eigenvalue weighted by Gasteiger charge is -2.21. The van der Waals surface area contributed by atoms with Gasteiger partial charge < -0.3 is 0 Å². The summed E-state index contributed by atoms with van der Waals surface area (Å²) in [4.78, 5) is 0. The minimum atomic E-state index is 0.970. The molecule has 1 heterocycles. The molecule has 1 aliphatic carbocycles. The van der Waals surface area contributed by atoms with Gasteiger partial charge in [0, 0.05) is 5.66 Å². The summed E-state index contributed by atoms with van der Waals surface area (Å²) in [6.07, 6.45) is 7.32. The summed E-state index contributed by atoms with van der Waals surface area (Å²) in [5.74, 6) is 2.02. The number of hydrogen-bond donors (Lipinski definition) is 0. The Morgan fingerprint density at radius 2 is 2.33 bits per heavy atom. The van der Waals surface area contributed by atoms with Crippen LogP contribution in [0.1, 0.15) is 46.0 Å². The molecule has 2 aliphatic rings. The molecule has 0 bridgehead atoms. The van der Waals surface area contributed by atoms with Crippen LogP contribution in [0.3, 0.4) is 0 Å². The molecular weight excluding hydrogens is 163 g/mol. The molecule has 68 valence electrons. The Bertz CT molecular complexity index is 195. The monoisotopic (exact) mass is 182 g/mol. The molecule has 1 heteroatoms. The van der Waals surface area contributed by atoms with E-state index in [9.17, 15) is 0 Å². The van der Waals surface area contributed by atoms with Crippen molar-refractivity contribution < 1.29 is 0 Å². The van der Waals surface area contributed by atoms with Crippen molar-refractivity contribution in [2.24, 2.45) is 11.8 Å². The maximum Gasteiger partial charge on any atom is 0.0292 e. The molecule has 0 spiro atoms. The van der Waals surface area contributed by atoms with E-state index in [1.165, 1.54) is 32.1 Å². The van der Waals surface area contributed by atoms with Crippen molar-refractivity contribution in [1.29, 1.82) is 0 Å². The lowest BCUT2D eigenvalue weighted by molar-refractivity contribution is 0.344. The van der Waals surface area contributed by atoms with E-state index in [4.69, 9.17) is 0 Å². The first-order valence-electron chi connectivity index (χ1n) is 5.39. The molecule has 0 aromatic rings. The summed E-state index contributed by atoms with van der Waals surface area (Å²) >= 11 is 0. The van der Waals surface area contributed by atoms with Crippen molar-refractivity contribution in [1.82, 2.24) is 0 Å². The van der Waals surface area contributed by atoms with Crippen LogP contribution in [0.4, 0.5) is 0 Å². The zero-order valence-corrected chi connectivity index (χ0v) is 9.11. The van der Waals surface area contributed by atoms with Crippen molar-refractivity contribution in [3.05, 3.63) is 0 Å². The topological polar surface area (TPSA) is 0 Å². The molecule has 1 saturated carbocycles. The predicted octanol–water partition coefficient (Wildman–Crippen LogP) is 3.72. The summed E-state index contributed by atoms with van der Waals surface area (Å²) < 4.78 is 0. The van der Waals surface area contributed by atoms with Crippen LogP contribution in [0.5, 0.6) is 0 Å². The molecule has 3 unspecified atom stereocenters. The first-order valence-corrected chi connectivity index (χ1v) is 6.36. The van der Waals surface area contributed by atoms with Crippen molar-refractivity contribution >= 4 is 13.5 Å². The van der Waals surface area contributed by atoms with Gasteiger partial charge in [0.25, 0.3) is 0 Å². The summed E-state index contributed by atoms with van der Waals surface area (Å²) in [6, 6.07) is 0. The van der Waals surface area contributed by atoms with E-state index in [1.54, 1.807) is 8.20 Å². The highest BCUT2D eigenvalue weighted by Gasteiger charge is 2.37.